The van der Waals surface area contributed by atoms with Gasteiger partial charge in [0.25, 0.3) is 5.91 Å². The Bertz CT molecular complexity index is 839. The first-order chi connectivity index (χ1) is 11.9. The van der Waals surface area contributed by atoms with E-state index in [1.165, 1.54) is 43.5 Å². The molecule has 7 heteroatoms. The van der Waals surface area contributed by atoms with Gasteiger partial charge in [0.1, 0.15) is 11.5 Å². The van der Waals surface area contributed by atoms with Crippen LogP contribution in [-0.4, -0.2) is 35.0 Å². The molecule has 0 aliphatic heterocycles. The first-order valence-electron chi connectivity index (χ1n) is 7.15. The Kier molecular flexibility index (Phi) is 5.52. The summed E-state index contributed by atoms with van der Waals surface area (Å²) in [5.41, 5.74) is 0.172. The van der Waals surface area contributed by atoms with E-state index < -0.39 is 23.4 Å². The van der Waals surface area contributed by atoms with E-state index in [1.54, 1.807) is 12.1 Å². The molecule has 0 aliphatic carbocycles. The molecular weight excluding hydrogens is 326 g/mol. The van der Waals surface area contributed by atoms with Gasteiger partial charge in [0, 0.05) is 11.6 Å². The highest BCUT2D eigenvalue weighted by Gasteiger charge is 2.17. The first-order valence-corrected chi connectivity index (χ1v) is 7.15. The van der Waals surface area contributed by atoms with Gasteiger partial charge >= 0.3 is 5.97 Å². The van der Waals surface area contributed by atoms with Crippen LogP contribution in [0.3, 0.4) is 0 Å². The molecule has 0 radical (unpaired) electrons. The Morgan fingerprint density at radius 3 is 2.24 bits per heavy atom. The number of ketones is 1. The number of para-hydroxylation sites is 1. The quantitative estimate of drug-likeness (QED) is 0.423. The number of amides is 1. The minimum absolute atomic E-state index is 0.00862. The van der Waals surface area contributed by atoms with Gasteiger partial charge in [-0.15, -0.1) is 0 Å². The van der Waals surface area contributed by atoms with Crippen LogP contribution in [0.25, 0.3) is 5.76 Å². The number of carbonyl (C=O) groups is 3. The normalized spacial score (nSPS) is 10.8. The van der Waals surface area contributed by atoms with Gasteiger partial charge in [-0.25, -0.2) is 4.79 Å². The standard InChI is InChI=1S/C18H15NO6/c1-25-12-8-6-11(7-9-12)15(20)10-16(21)17(22)19-14-5-3-2-4-13(14)18(23)24/h2-10,20H,1H3,(H,19,22)(H,23,24)/b15-10-. The van der Waals surface area contributed by atoms with Gasteiger partial charge in [-0.3, -0.25) is 9.59 Å². The van der Waals surface area contributed by atoms with E-state index >= 15 is 0 Å². The van der Waals surface area contributed by atoms with Crippen LogP contribution in [0.4, 0.5) is 5.69 Å². The van der Waals surface area contributed by atoms with Gasteiger partial charge in [-0.2, -0.15) is 0 Å². The number of benzene rings is 2. The Morgan fingerprint density at radius 2 is 1.64 bits per heavy atom. The fraction of sp³-hybridized carbons (Fsp3) is 0.0556. The summed E-state index contributed by atoms with van der Waals surface area (Å²) < 4.78 is 4.99. The van der Waals surface area contributed by atoms with E-state index in [9.17, 15) is 19.5 Å². The van der Waals surface area contributed by atoms with Gasteiger partial charge in [-0.05, 0) is 36.4 Å². The van der Waals surface area contributed by atoms with Gasteiger partial charge in [-0.1, -0.05) is 12.1 Å². The molecule has 2 aromatic carbocycles. The molecule has 0 saturated heterocycles. The summed E-state index contributed by atoms with van der Waals surface area (Å²) in [6.45, 7) is 0. The van der Waals surface area contributed by atoms with Crippen LogP contribution in [0.1, 0.15) is 15.9 Å². The van der Waals surface area contributed by atoms with Crippen molar-refractivity contribution in [3.05, 3.63) is 65.7 Å². The molecule has 3 N–H and O–H groups in total. The van der Waals surface area contributed by atoms with Crippen molar-refractivity contribution in [2.75, 3.05) is 12.4 Å². The Balaban J connectivity index is 2.14. The zero-order valence-corrected chi connectivity index (χ0v) is 13.2. The lowest BCUT2D eigenvalue weighted by Gasteiger charge is -2.07. The number of hydrogen-bond donors (Lipinski definition) is 3. The van der Waals surface area contributed by atoms with Crippen LogP contribution < -0.4 is 10.1 Å². The minimum Gasteiger partial charge on any atom is -0.507 e. The van der Waals surface area contributed by atoms with Crippen molar-refractivity contribution < 1.29 is 29.3 Å². The highest BCUT2D eigenvalue weighted by molar-refractivity contribution is 6.45. The molecule has 0 aliphatic rings. The van der Waals surface area contributed by atoms with E-state index in [-0.39, 0.29) is 11.3 Å². The number of anilines is 1. The van der Waals surface area contributed by atoms with Crippen molar-refractivity contribution >= 4 is 29.1 Å². The van der Waals surface area contributed by atoms with Crippen molar-refractivity contribution in [3.63, 3.8) is 0 Å². The lowest BCUT2D eigenvalue weighted by molar-refractivity contribution is -0.131. The van der Waals surface area contributed by atoms with E-state index in [0.29, 0.717) is 11.3 Å². The van der Waals surface area contributed by atoms with E-state index in [1.807, 2.05) is 0 Å². The summed E-state index contributed by atoms with van der Waals surface area (Å²) in [4.78, 5) is 34.9. The van der Waals surface area contributed by atoms with E-state index in [4.69, 9.17) is 9.84 Å². The molecule has 7 nitrogen and oxygen atoms in total. The molecule has 0 spiro atoms. The maximum Gasteiger partial charge on any atom is 0.337 e. The molecular formula is C18H15NO6. The Hall–Kier alpha value is -3.61. The Labute approximate surface area is 143 Å². The van der Waals surface area contributed by atoms with E-state index in [2.05, 4.69) is 5.32 Å². The summed E-state index contributed by atoms with van der Waals surface area (Å²) >= 11 is 0. The first kappa shape index (κ1) is 17.7. The number of ether oxygens (including phenoxy) is 1. The Morgan fingerprint density at radius 1 is 1.00 bits per heavy atom. The lowest BCUT2D eigenvalue weighted by atomic mass is 10.1. The molecule has 2 aromatic rings. The van der Waals surface area contributed by atoms with Crippen molar-refractivity contribution in [2.24, 2.45) is 0 Å². The zero-order chi connectivity index (χ0) is 18.4. The van der Waals surface area contributed by atoms with Crippen LogP contribution in [0.5, 0.6) is 5.75 Å². The monoisotopic (exact) mass is 341 g/mol. The second-order valence-corrected chi connectivity index (χ2v) is 4.93. The van der Waals surface area contributed by atoms with Crippen molar-refractivity contribution in [1.29, 1.82) is 0 Å². The van der Waals surface area contributed by atoms with Gasteiger partial charge in [0.05, 0.1) is 18.4 Å². The van der Waals surface area contributed by atoms with Crippen LogP contribution in [0.15, 0.2) is 54.6 Å². The summed E-state index contributed by atoms with van der Waals surface area (Å²) in [6.07, 6.45) is 0.764. The predicted octanol–water partition coefficient (Wildman–Crippen LogP) is 2.50. The molecule has 1 amide bonds. The summed E-state index contributed by atoms with van der Waals surface area (Å²) in [5, 5.41) is 21.2. The number of methoxy groups -OCH3 is 1. The van der Waals surface area contributed by atoms with Crippen LogP contribution >= 0.6 is 0 Å². The third-order valence-electron chi connectivity index (χ3n) is 3.28. The summed E-state index contributed by atoms with van der Waals surface area (Å²) in [7, 11) is 1.49. The number of aliphatic hydroxyl groups excluding tert-OH is 1. The minimum atomic E-state index is -1.24. The van der Waals surface area contributed by atoms with Crippen LogP contribution in [0.2, 0.25) is 0 Å². The average molecular weight is 341 g/mol. The fourth-order valence-electron chi connectivity index (χ4n) is 2.00. The van der Waals surface area contributed by atoms with Gasteiger partial charge in [0.15, 0.2) is 0 Å². The fourth-order valence-corrected chi connectivity index (χ4v) is 2.00. The predicted molar refractivity (Wildman–Crippen MR) is 90.6 cm³/mol. The molecule has 2 rings (SSSR count). The average Bonchev–Trinajstić information content (AvgIpc) is 2.61. The highest BCUT2D eigenvalue weighted by Crippen LogP contribution is 2.17. The second-order valence-electron chi connectivity index (χ2n) is 4.93. The van der Waals surface area contributed by atoms with Crippen LogP contribution in [-0.2, 0) is 9.59 Å². The summed E-state index contributed by atoms with van der Waals surface area (Å²) in [6, 6.07) is 11.9. The molecule has 25 heavy (non-hydrogen) atoms. The summed E-state index contributed by atoms with van der Waals surface area (Å²) in [5.74, 6) is -3.14. The molecule has 128 valence electrons. The number of nitrogens with one attached hydrogen (secondary N) is 1. The number of aliphatic hydroxyl groups is 1. The van der Waals surface area contributed by atoms with E-state index in [0.717, 1.165) is 6.08 Å². The van der Waals surface area contributed by atoms with Gasteiger partial charge in [0.2, 0.25) is 5.78 Å². The van der Waals surface area contributed by atoms with Crippen molar-refractivity contribution in [1.82, 2.24) is 0 Å². The number of rotatable bonds is 6. The maximum absolute atomic E-state index is 11.9. The maximum atomic E-state index is 11.9. The van der Waals surface area contributed by atoms with Crippen molar-refractivity contribution in [2.45, 2.75) is 0 Å². The molecule has 0 aromatic heterocycles. The van der Waals surface area contributed by atoms with Crippen molar-refractivity contribution in [3.8, 4) is 5.75 Å². The molecule has 0 atom stereocenters. The molecule has 0 unspecified atom stereocenters. The third kappa shape index (κ3) is 4.44. The highest BCUT2D eigenvalue weighted by atomic mass is 16.5. The smallest absolute Gasteiger partial charge is 0.337 e. The lowest BCUT2D eigenvalue weighted by Crippen LogP contribution is -2.22. The second kappa shape index (κ2) is 7.78. The molecule has 0 bridgehead atoms. The zero-order valence-electron chi connectivity index (χ0n) is 13.2. The molecule has 0 saturated carbocycles. The SMILES string of the molecule is COc1ccc(/C(O)=C/C(=O)C(=O)Nc2ccccc2C(=O)O)cc1. The number of aromatic carboxylic acids is 1. The molecule has 0 fully saturated rings. The topological polar surface area (TPSA) is 113 Å². The number of carboxylic acid groups (broad SMARTS) is 1. The largest absolute Gasteiger partial charge is 0.507 e. The third-order valence-corrected chi connectivity index (χ3v) is 3.28. The number of carbonyl (C=O) groups excluding carboxylic acids is 2. The van der Waals surface area contributed by atoms with Gasteiger partial charge < -0.3 is 20.3 Å². The van der Waals surface area contributed by atoms with Crippen LogP contribution in [0, 0.1) is 0 Å². The number of carboxylic acids is 1. The molecule has 0 heterocycles. The number of hydrogen-bond acceptors (Lipinski definition) is 5.